The first-order chi connectivity index (χ1) is 15.1. The summed E-state index contributed by atoms with van der Waals surface area (Å²) in [7, 11) is 0. The van der Waals surface area contributed by atoms with E-state index in [1.54, 1.807) is 6.08 Å². The van der Waals surface area contributed by atoms with Crippen molar-refractivity contribution in [3.8, 4) is 5.75 Å². The zero-order valence-electron chi connectivity index (χ0n) is 19.5. The molecule has 2 aliphatic rings. The predicted octanol–water partition coefficient (Wildman–Crippen LogP) is 3.37. The Morgan fingerprint density at radius 3 is 2.69 bits per heavy atom. The van der Waals surface area contributed by atoms with E-state index < -0.39 is 30.1 Å². The van der Waals surface area contributed by atoms with Crippen molar-refractivity contribution in [3.05, 3.63) is 47.1 Å². The second kappa shape index (κ2) is 10.2. The topological polar surface area (TPSA) is 100 Å². The van der Waals surface area contributed by atoms with Crippen LogP contribution in [0.3, 0.4) is 0 Å². The highest BCUT2D eigenvalue weighted by atomic mass is 16.8. The average Bonchev–Trinajstić information content (AvgIpc) is 3.04. The highest BCUT2D eigenvalue weighted by Gasteiger charge is 2.43. The maximum Gasteiger partial charge on any atom is 0.339 e. The molecule has 0 radical (unpaired) electrons. The Balaban J connectivity index is 2.05. The van der Waals surface area contributed by atoms with Gasteiger partial charge in [0.2, 0.25) is 0 Å². The molecule has 1 aromatic rings. The SMILES string of the molecule is Cc1ccc(OCCN)c2c1C(=O)O[C@@H](C)[C@H](C)/C=C\C(O)[C@H]1OC(C)(C)O[C@H]1C/C=C/2. The van der Waals surface area contributed by atoms with Crippen LogP contribution >= 0.6 is 0 Å². The van der Waals surface area contributed by atoms with Crippen molar-refractivity contribution in [3.63, 3.8) is 0 Å². The number of carbonyl (C=O) groups is 1. The number of aliphatic hydroxyl groups excluding tert-OH is 1. The van der Waals surface area contributed by atoms with Gasteiger partial charge in [-0.15, -0.1) is 0 Å². The molecule has 0 bridgehead atoms. The summed E-state index contributed by atoms with van der Waals surface area (Å²) >= 11 is 0. The van der Waals surface area contributed by atoms with Crippen LogP contribution in [0.2, 0.25) is 0 Å². The van der Waals surface area contributed by atoms with Crippen LogP contribution in [-0.2, 0) is 14.2 Å². The summed E-state index contributed by atoms with van der Waals surface area (Å²) in [6.07, 6.45) is 5.71. The van der Waals surface area contributed by atoms with Crippen LogP contribution in [0, 0.1) is 12.8 Å². The summed E-state index contributed by atoms with van der Waals surface area (Å²) in [5.74, 6) is -0.753. The lowest BCUT2D eigenvalue weighted by molar-refractivity contribution is -0.152. The Labute approximate surface area is 190 Å². The van der Waals surface area contributed by atoms with Crippen LogP contribution in [0.25, 0.3) is 6.08 Å². The lowest BCUT2D eigenvalue weighted by atomic mass is 9.97. The Kier molecular flexibility index (Phi) is 7.77. The minimum atomic E-state index is -0.846. The molecule has 3 rings (SSSR count). The summed E-state index contributed by atoms with van der Waals surface area (Å²) in [5.41, 5.74) is 7.53. The molecule has 0 saturated carbocycles. The van der Waals surface area contributed by atoms with Crippen molar-refractivity contribution < 1.29 is 28.8 Å². The van der Waals surface area contributed by atoms with E-state index in [0.717, 1.165) is 5.56 Å². The lowest BCUT2D eigenvalue weighted by Crippen LogP contribution is -2.34. The van der Waals surface area contributed by atoms with Gasteiger partial charge in [0.25, 0.3) is 0 Å². The van der Waals surface area contributed by atoms with Gasteiger partial charge in [-0.2, -0.15) is 0 Å². The Bertz CT molecular complexity index is 877. The standard InChI is InChI=1S/C25H35NO6/c1-15-9-11-19(27)23-21(31-25(4,5)32-23)8-6-7-18-20(29-14-13-26)12-10-16(2)22(18)24(28)30-17(15)3/h6-7,9-12,15,17,19,21,23,27H,8,13-14,26H2,1-5H3/b7-6+,11-9-/t15-,17+,19?,21+,23-/m1/s1. The first kappa shape index (κ1) is 24.5. The van der Waals surface area contributed by atoms with Crippen LogP contribution in [0.15, 0.2) is 30.4 Å². The third-order valence-electron chi connectivity index (χ3n) is 5.85. The number of carbonyl (C=O) groups excluding carboxylic acids is 1. The van der Waals surface area contributed by atoms with Gasteiger partial charge >= 0.3 is 5.97 Å². The second-order valence-electron chi connectivity index (χ2n) is 8.93. The molecule has 7 heteroatoms. The molecule has 3 N–H and O–H groups in total. The van der Waals surface area contributed by atoms with Crippen molar-refractivity contribution >= 4 is 12.0 Å². The van der Waals surface area contributed by atoms with Crippen LogP contribution in [0.5, 0.6) is 5.75 Å². The average molecular weight is 446 g/mol. The van der Waals surface area contributed by atoms with Crippen LogP contribution in [0.4, 0.5) is 0 Å². The molecule has 1 aromatic carbocycles. The van der Waals surface area contributed by atoms with E-state index in [2.05, 4.69) is 0 Å². The molecule has 5 atom stereocenters. The highest BCUT2D eigenvalue weighted by molar-refractivity contribution is 5.96. The van der Waals surface area contributed by atoms with E-state index in [4.69, 9.17) is 24.7 Å². The molecule has 1 saturated heterocycles. The Morgan fingerprint density at radius 1 is 1.22 bits per heavy atom. The number of hydrogen-bond acceptors (Lipinski definition) is 7. The van der Waals surface area contributed by atoms with E-state index in [9.17, 15) is 9.90 Å². The van der Waals surface area contributed by atoms with Gasteiger partial charge in [-0.3, -0.25) is 0 Å². The van der Waals surface area contributed by atoms with Crippen molar-refractivity contribution in [2.24, 2.45) is 11.7 Å². The quantitative estimate of drug-likeness (QED) is 0.543. The maximum atomic E-state index is 13.2. The zero-order chi connectivity index (χ0) is 23.5. The molecular weight excluding hydrogens is 410 g/mol. The van der Waals surface area contributed by atoms with E-state index in [1.165, 1.54) is 0 Å². The van der Waals surface area contributed by atoms with Crippen LogP contribution in [-0.4, -0.2) is 54.4 Å². The summed E-state index contributed by atoms with van der Waals surface area (Å²) in [4.78, 5) is 13.2. The number of benzene rings is 1. The molecular formula is C25H35NO6. The predicted molar refractivity (Wildman–Crippen MR) is 122 cm³/mol. The molecule has 2 heterocycles. The Morgan fingerprint density at radius 2 is 1.97 bits per heavy atom. The van der Waals surface area contributed by atoms with Crippen molar-refractivity contribution in [2.75, 3.05) is 13.2 Å². The van der Waals surface area contributed by atoms with Crippen molar-refractivity contribution in [2.45, 2.75) is 71.2 Å². The smallest absolute Gasteiger partial charge is 0.339 e. The van der Waals surface area contributed by atoms with Crippen molar-refractivity contribution in [1.82, 2.24) is 0 Å². The van der Waals surface area contributed by atoms with Gasteiger partial charge in [0.05, 0.1) is 11.7 Å². The lowest BCUT2D eigenvalue weighted by Gasteiger charge is -2.23. The number of nitrogens with two attached hydrogens (primary N) is 1. The number of ether oxygens (including phenoxy) is 4. The normalized spacial score (nSPS) is 32.2. The summed E-state index contributed by atoms with van der Waals surface area (Å²) < 4.78 is 23.6. The highest BCUT2D eigenvalue weighted by Crippen LogP contribution is 2.34. The fourth-order valence-corrected chi connectivity index (χ4v) is 3.99. The molecule has 1 unspecified atom stereocenters. The third kappa shape index (κ3) is 5.59. The minimum Gasteiger partial charge on any atom is -0.492 e. The van der Waals surface area contributed by atoms with E-state index in [1.807, 2.05) is 65.0 Å². The third-order valence-corrected chi connectivity index (χ3v) is 5.85. The largest absolute Gasteiger partial charge is 0.492 e. The molecule has 0 spiro atoms. The fourth-order valence-electron chi connectivity index (χ4n) is 3.99. The first-order valence-electron chi connectivity index (χ1n) is 11.2. The van der Waals surface area contributed by atoms with Gasteiger partial charge < -0.3 is 29.8 Å². The minimum absolute atomic E-state index is 0.110. The number of esters is 1. The zero-order valence-corrected chi connectivity index (χ0v) is 19.5. The number of rotatable bonds is 3. The van der Waals surface area contributed by atoms with Gasteiger partial charge in [-0.05, 0) is 45.7 Å². The maximum absolute atomic E-state index is 13.2. The van der Waals surface area contributed by atoms with E-state index in [-0.39, 0.29) is 12.0 Å². The summed E-state index contributed by atoms with van der Waals surface area (Å²) in [6, 6.07) is 3.68. The van der Waals surface area contributed by atoms with Crippen LogP contribution in [0.1, 0.15) is 55.6 Å². The van der Waals surface area contributed by atoms with E-state index >= 15 is 0 Å². The summed E-state index contributed by atoms with van der Waals surface area (Å²) in [5, 5.41) is 10.8. The number of fused-ring (bicyclic) bond motifs is 2. The Hall–Kier alpha value is -2.19. The second-order valence-corrected chi connectivity index (χ2v) is 8.93. The molecule has 2 aliphatic heterocycles. The van der Waals surface area contributed by atoms with Crippen molar-refractivity contribution in [1.29, 1.82) is 0 Å². The molecule has 0 aliphatic carbocycles. The number of aryl methyl sites for hydroxylation is 1. The number of cyclic esters (lactones) is 1. The molecule has 1 fully saturated rings. The fraction of sp³-hybridized carbons (Fsp3) is 0.560. The van der Waals surface area contributed by atoms with Gasteiger partial charge in [-0.25, -0.2) is 4.79 Å². The molecule has 0 aromatic heterocycles. The van der Waals surface area contributed by atoms with Gasteiger partial charge in [0.15, 0.2) is 5.79 Å². The number of aliphatic hydroxyl groups is 1. The van der Waals surface area contributed by atoms with Gasteiger partial charge in [-0.1, -0.05) is 37.3 Å². The summed E-state index contributed by atoms with van der Waals surface area (Å²) in [6.45, 7) is 10.0. The number of hydrogen-bond donors (Lipinski definition) is 2. The van der Waals surface area contributed by atoms with E-state index in [0.29, 0.717) is 36.4 Å². The van der Waals surface area contributed by atoms with Crippen LogP contribution < -0.4 is 10.5 Å². The molecule has 7 nitrogen and oxygen atoms in total. The molecule has 32 heavy (non-hydrogen) atoms. The first-order valence-corrected chi connectivity index (χ1v) is 11.2. The van der Waals surface area contributed by atoms with Gasteiger partial charge in [0.1, 0.15) is 30.7 Å². The monoisotopic (exact) mass is 445 g/mol. The molecule has 176 valence electrons. The molecule has 0 amide bonds. The van der Waals surface area contributed by atoms with Gasteiger partial charge in [0, 0.05) is 18.0 Å².